The molecule has 4 aromatic rings. The molecule has 0 saturated heterocycles. The summed E-state index contributed by atoms with van der Waals surface area (Å²) in [5.41, 5.74) is 2.23. The van der Waals surface area contributed by atoms with E-state index in [1.807, 2.05) is 24.3 Å². The van der Waals surface area contributed by atoms with Gasteiger partial charge in [-0.25, -0.2) is 0 Å². The lowest BCUT2D eigenvalue weighted by molar-refractivity contribution is 0.101. The first-order valence-corrected chi connectivity index (χ1v) is 9.92. The first-order chi connectivity index (χ1) is 14.5. The van der Waals surface area contributed by atoms with Crippen LogP contribution in [0.15, 0.2) is 84.9 Å². The van der Waals surface area contributed by atoms with Crippen LogP contribution in [0, 0.1) is 0 Å². The fourth-order valence-corrected chi connectivity index (χ4v) is 3.41. The Bertz CT molecular complexity index is 1140. The maximum absolute atomic E-state index is 12.9. The zero-order valence-electron chi connectivity index (χ0n) is 15.7. The first kappa shape index (κ1) is 20.0. The van der Waals surface area contributed by atoms with E-state index in [9.17, 15) is 9.59 Å². The maximum atomic E-state index is 12.9. The largest absolute Gasteiger partial charge is 0.322 e. The molecule has 0 radical (unpaired) electrons. The maximum Gasteiger partial charge on any atom is 0.256 e. The van der Waals surface area contributed by atoms with Crippen LogP contribution in [0.2, 0.25) is 10.0 Å². The fourth-order valence-electron chi connectivity index (χ4n) is 3.16. The molecule has 0 bridgehead atoms. The minimum absolute atomic E-state index is 0.266. The van der Waals surface area contributed by atoms with Crippen LogP contribution in [0.4, 0.5) is 11.4 Å². The van der Waals surface area contributed by atoms with E-state index in [2.05, 4.69) is 10.6 Å². The van der Waals surface area contributed by atoms with Gasteiger partial charge in [0.25, 0.3) is 11.8 Å². The number of halogens is 2. The third kappa shape index (κ3) is 4.30. The number of carbonyl (C=O) groups is 2. The molecule has 0 aliphatic heterocycles. The van der Waals surface area contributed by atoms with E-state index < -0.39 is 0 Å². The van der Waals surface area contributed by atoms with Crippen LogP contribution in [0.3, 0.4) is 0 Å². The molecule has 0 aliphatic carbocycles. The number of hydrogen-bond acceptors (Lipinski definition) is 2. The summed E-state index contributed by atoms with van der Waals surface area (Å²) in [7, 11) is 0. The van der Waals surface area contributed by atoms with E-state index in [1.165, 1.54) is 0 Å². The zero-order valence-corrected chi connectivity index (χ0v) is 17.2. The van der Waals surface area contributed by atoms with Gasteiger partial charge in [0.05, 0.1) is 0 Å². The van der Waals surface area contributed by atoms with Crippen molar-refractivity contribution in [3.63, 3.8) is 0 Å². The summed E-state index contributed by atoms with van der Waals surface area (Å²) < 4.78 is 0. The van der Waals surface area contributed by atoms with Crippen molar-refractivity contribution in [3.8, 4) is 0 Å². The second-order valence-corrected chi connectivity index (χ2v) is 7.50. The molecule has 0 unspecified atom stereocenters. The van der Waals surface area contributed by atoms with E-state index in [0.29, 0.717) is 43.3 Å². The Balaban J connectivity index is 1.65. The minimum Gasteiger partial charge on any atom is -0.322 e. The number of amides is 2. The highest BCUT2D eigenvalue weighted by molar-refractivity contribution is 6.31. The average molecular weight is 435 g/mol. The van der Waals surface area contributed by atoms with Gasteiger partial charge in [-0.3, -0.25) is 9.59 Å². The van der Waals surface area contributed by atoms with Crippen LogP contribution in [0.1, 0.15) is 20.7 Å². The van der Waals surface area contributed by atoms with Gasteiger partial charge >= 0.3 is 0 Å². The van der Waals surface area contributed by atoms with Crippen molar-refractivity contribution in [2.45, 2.75) is 0 Å². The lowest BCUT2D eigenvalue weighted by Gasteiger charge is -2.12. The molecule has 4 rings (SSSR count). The summed E-state index contributed by atoms with van der Waals surface area (Å²) in [4.78, 5) is 25.7. The molecule has 4 nitrogen and oxygen atoms in total. The number of carbonyl (C=O) groups excluding carboxylic acids is 2. The van der Waals surface area contributed by atoms with Crippen LogP contribution >= 0.6 is 23.2 Å². The Morgan fingerprint density at radius 3 is 1.27 bits per heavy atom. The first-order valence-electron chi connectivity index (χ1n) is 9.17. The van der Waals surface area contributed by atoms with Gasteiger partial charge in [-0.1, -0.05) is 47.5 Å². The molecule has 0 spiro atoms. The molecule has 148 valence electrons. The van der Waals surface area contributed by atoms with Gasteiger partial charge in [0.1, 0.15) is 0 Å². The predicted molar refractivity (Wildman–Crippen MR) is 123 cm³/mol. The summed E-state index contributed by atoms with van der Waals surface area (Å²) >= 11 is 11.8. The molecule has 0 saturated carbocycles. The second kappa shape index (κ2) is 8.57. The summed E-state index contributed by atoms with van der Waals surface area (Å²) in [6.07, 6.45) is 0. The van der Waals surface area contributed by atoms with E-state index in [0.717, 1.165) is 0 Å². The predicted octanol–water partition coefficient (Wildman–Crippen LogP) is 6.65. The third-order valence-corrected chi connectivity index (χ3v) is 5.12. The fraction of sp³-hybridized carbons (Fsp3) is 0. The highest BCUT2D eigenvalue weighted by Crippen LogP contribution is 2.25. The number of fused-ring (bicyclic) bond motifs is 1. The van der Waals surface area contributed by atoms with Crippen LogP contribution < -0.4 is 10.6 Å². The minimum atomic E-state index is -0.266. The molecule has 2 N–H and O–H groups in total. The average Bonchev–Trinajstić information content (AvgIpc) is 2.76. The molecule has 6 heteroatoms. The Kier molecular flexibility index (Phi) is 5.70. The number of rotatable bonds is 4. The lowest BCUT2D eigenvalue weighted by Crippen LogP contribution is -2.15. The van der Waals surface area contributed by atoms with Crippen molar-refractivity contribution in [3.05, 3.63) is 106 Å². The highest BCUT2D eigenvalue weighted by Gasteiger charge is 2.16. The molecule has 0 aromatic heterocycles. The van der Waals surface area contributed by atoms with Gasteiger partial charge in [-0.05, 0) is 71.4 Å². The van der Waals surface area contributed by atoms with Gasteiger partial charge in [0, 0.05) is 32.5 Å². The number of anilines is 2. The SMILES string of the molecule is O=C(Nc1ccc(Cl)cc1)c1ccc(C(=O)Nc2ccc(Cl)cc2)c2ccccc12. The molecule has 0 fully saturated rings. The number of benzene rings is 4. The van der Waals surface area contributed by atoms with E-state index in [4.69, 9.17) is 23.2 Å². The van der Waals surface area contributed by atoms with Gasteiger partial charge < -0.3 is 10.6 Å². The van der Waals surface area contributed by atoms with Crippen molar-refractivity contribution in [2.75, 3.05) is 10.6 Å². The molecular formula is C24H16Cl2N2O2. The second-order valence-electron chi connectivity index (χ2n) is 6.63. The third-order valence-electron chi connectivity index (χ3n) is 4.62. The van der Waals surface area contributed by atoms with Crippen LogP contribution in [0.25, 0.3) is 10.8 Å². The Hall–Kier alpha value is -3.34. The van der Waals surface area contributed by atoms with E-state index in [1.54, 1.807) is 60.7 Å². The lowest BCUT2D eigenvalue weighted by atomic mass is 9.98. The molecule has 30 heavy (non-hydrogen) atoms. The van der Waals surface area contributed by atoms with Crippen LogP contribution in [0.5, 0.6) is 0 Å². The zero-order chi connectivity index (χ0) is 21.1. The Morgan fingerprint density at radius 1 is 0.533 bits per heavy atom. The molecule has 2 amide bonds. The molecule has 0 heterocycles. The van der Waals surface area contributed by atoms with E-state index >= 15 is 0 Å². The molecule has 0 atom stereocenters. The molecule has 0 aliphatic rings. The van der Waals surface area contributed by atoms with Gasteiger partial charge in [-0.15, -0.1) is 0 Å². The summed E-state index contributed by atoms with van der Waals surface area (Å²) in [5.74, 6) is -0.531. The van der Waals surface area contributed by atoms with Crippen LogP contribution in [-0.4, -0.2) is 11.8 Å². The van der Waals surface area contributed by atoms with Crippen molar-refractivity contribution in [1.29, 1.82) is 0 Å². The Labute approximate surface area is 183 Å². The highest BCUT2D eigenvalue weighted by atomic mass is 35.5. The molecule has 4 aromatic carbocycles. The number of nitrogens with one attached hydrogen (secondary N) is 2. The standard InChI is InChI=1S/C24H16Cl2N2O2/c25-15-5-9-17(10-6-15)27-23(29)21-13-14-22(20-4-2-1-3-19(20)21)24(30)28-18-11-7-16(26)8-12-18/h1-14H,(H,27,29)(H,28,30). The summed E-state index contributed by atoms with van der Waals surface area (Å²) in [5, 5.41) is 8.28. The summed E-state index contributed by atoms with van der Waals surface area (Å²) in [6.45, 7) is 0. The smallest absolute Gasteiger partial charge is 0.256 e. The summed E-state index contributed by atoms with van der Waals surface area (Å²) in [6, 6.07) is 24.4. The Morgan fingerprint density at radius 2 is 0.900 bits per heavy atom. The van der Waals surface area contributed by atoms with E-state index in [-0.39, 0.29) is 11.8 Å². The van der Waals surface area contributed by atoms with Gasteiger partial charge in [0.2, 0.25) is 0 Å². The normalized spacial score (nSPS) is 10.6. The molecular weight excluding hydrogens is 419 g/mol. The monoisotopic (exact) mass is 434 g/mol. The van der Waals surface area contributed by atoms with Crippen LogP contribution in [-0.2, 0) is 0 Å². The number of hydrogen-bond donors (Lipinski definition) is 2. The van der Waals surface area contributed by atoms with Crippen molar-refractivity contribution < 1.29 is 9.59 Å². The topological polar surface area (TPSA) is 58.2 Å². The van der Waals surface area contributed by atoms with Crippen molar-refractivity contribution in [2.24, 2.45) is 0 Å². The van der Waals surface area contributed by atoms with Gasteiger partial charge in [-0.2, -0.15) is 0 Å². The quantitative estimate of drug-likeness (QED) is 0.377. The van der Waals surface area contributed by atoms with Crippen molar-refractivity contribution >= 4 is 57.2 Å². The van der Waals surface area contributed by atoms with Crippen molar-refractivity contribution in [1.82, 2.24) is 0 Å². The van der Waals surface area contributed by atoms with Gasteiger partial charge in [0.15, 0.2) is 0 Å².